The summed E-state index contributed by atoms with van der Waals surface area (Å²) in [7, 11) is 0. The van der Waals surface area contributed by atoms with Crippen molar-refractivity contribution < 1.29 is 9.53 Å². The first-order valence-electron chi connectivity index (χ1n) is 5.08. The molecule has 2 nitrogen and oxygen atoms in total. The summed E-state index contributed by atoms with van der Waals surface area (Å²) >= 11 is 4.95. The van der Waals surface area contributed by atoms with Crippen molar-refractivity contribution >= 4 is 33.0 Å². The number of hydrogen-bond acceptors (Lipinski definition) is 3. The number of rotatable bonds is 6. The van der Waals surface area contributed by atoms with Gasteiger partial charge in [-0.1, -0.05) is 6.92 Å². The highest BCUT2D eigenvalue weighted by Crippen LogP contribution is 2.30. The highest BCUT2D eigenvalue weighted by molar-refractivity contribution is 9.11. The van der Waals surface area contributed by atoms with E-state index in [9.17, 15) is 4.79 Å². The second-order valence-corrected chi connectivity index (χ2v) is 5.69. The van der Waals surface area contributed by atoms with Gasteiger partial charge in [0.1, 0.15) is 6.10 Å². The first-order chi connectivity index (χ1) is 7.19. The van der Waals surface area contributed by atoms with Gasteiger partial charge in [-0.3, -0.25) is 4.79 Å². The Bertz CT molecular complexity index is 322. The fraction of sp³-hybridized carbons (Fsp3) is 0.545. The molecule has 0 aliphatic heterocycles. The Labute approximate surface area is 103 Å². The van der Waals surface area contributed by atoms with Crippen LogP contribution < -0.4 is 0 Å². The lowest BCUT2D eigenvalue weighted by Crippen LogP contribution is -2.14. The molecule has 0 fully saturated rings. The van der Waals surface area contributed by atoms with Gasteiger partial charge in [0.15, 0.2) is 5.78 Å². The Balaban J connectivity index is 2.77. The van der Waals surface area contributed by atoms with Gasteiger partial charge >= 0.3 is 0 Å². The zero-order valence-corrected chi connectivity index (χ0v) is 11.4. The molecule has 0 radical (unpaired) electrons. The van der Waals surface area contributed by atoms with Crippen molar-refractivity contribution in [1.82, 2.24) is 0 Å². The Hall–Kier alpha value is -0.190. The van der Waals surface area contributed by atoms with Crippen LogP contribution in [0.5, 0.6) is 0 Å². The Morgan fingerprint density at radius 1 is 1.53 bits per heavy atom. The average Bonchev–Trinajstić information content (AvgIpc) is 2.61. The molecule has 0 spiro atoms. The molecule has 1 unspecified atom stereocenters. The predicted octanol–water partition coefficient (Wildman–Crippen LogP) is 3.96. The Kier molecular flexibility index (Phi) is 5.50. The van der Waals surface area contributed by atoms with Crippen LogP contribution in [-0.2, 0) is 9.53 Å². The van der Waals surface area contributed by atoms with Crippen LogP contribution in [0.25, 0.3) is 0 Å². The molecule has 1 atom stereocenters. The van der Waals surface area contributed by atoms with E-state index in [1.54, 1.807) is 11.3 Å². The van der Waals surface area contributed by atoms with Crippen LogP contribution in [0.15, 0.2) is 15.9 Å². The maximum Gasteiger partial charge on any atom is 0.166 e. The topological polar surface area (TPSA) is 26.3 Å². The number of carbonyl (C=O) groups excluding carboxylic acids is 1. The molecule has 0 saturated heterocycles. The van der Waals surface area contributed by atoms with Gasteiger partial charge in [0.2, 0.25) is 0 Å². The zero-order valence-electron chi connectivity index (χ0n) is 8.96. The van der Waals surface area contributed by atoms with E-state index in [-0.39, 0.29) is 11.9 Å². The van der Waals surface area contributed by atoms with E-state index in [0.717, 1.165) is 15.1 Å². The third-order valence-electron chi connectivity index (χ3n) is 1.97. The summed E-state index contributed by atoms with van der Waals surface area (Å²) in [6, 6.07) is 3.90. The van der Waals surface area contributed by atoms with Gasteiger partial charge in [-0.2, -0.15) is 0 Å². The Morgan fingerprint density at radius 2 is 2.27 bits per heavy atom. The minimum absolute atomic E-state index is 0.175. The maximum atomic E-state index is 11.8. The zero-order chi connectivity index (χ0) is 11.3. The second kappa shape index (κ2) is 6.40. The van der Waals surface area contributed by atoms with Crippen molar-refractivity contribution in [3.63, 3.8) is 0 Å². The van der Waals surface area contributed by atoms with Gasteiger partial charge < -0.3 is 4.74 Å². The number of halogens is 1. The molecule has 0 aromatic carbocycles. The number of Topliss-reactive ketones (excluding diaryl/α,β-unsaturated/α-hetero) is 1. The third kappa shape index (κ3) is 3.70. The van der Waals surface area contributed by atoms with Crippen molar-refractivity contribution in [2.24, 2.45) is 0 Å². The van der Waals surface area contributed by atoms with Crippen molar-refractivity contribution in [2.45, 2.75) is 32.8 Å². The van der Waals surface area contributed by atoms with Crippen molar-refractivity contribution in [3.05, 3.63) is 20.8 Å². The predicted molar refractivity (Wildman–Crippen MR) is 66.3 cm³/mol. The van der Waals surface area contributed by atoms with Crippen molar-refractivity contribution in [1.29, 1.82) is 0 Å². The molecule has 1 aromatic rings. The van der Waals surface area contributed by atoms with Crippen LogP contribution in [-0.4, -0.2) is 12.4 Å². The SMILES string of the molecule is CCCC(=O)C(OCC)c1ccc(Br)s1. The Morgan fingerprint density at radius 3 is 2.73 bits per heavy atom. The molecule has 0 aliphatic rings. The average molecular weight is 291 g/mol. The number of carbonyl (C=O) groups is 1. The molecule has 1 aromatic heterocycles. The lowest BCUT2D eigenvalue weighted by Gasteiger charge is -2.13. The molecule has 0 amide bonds. The van der Waals surface area contributed by atoms with Gasteiger partial charge in [0, 0.05) is 17.9 Å². The number of thiophene rings is 1. The highest BCUT2D eigenvalue weighted by Gasteiger charge is 2.21. The summed E-state index contributed by atoms with van der Waals surface area (Å²) < 4.78 is 6.53. The minimum atomic E-state index is -0.369. The van der Waals surface area contributed by atoms with Crippen LogP contribution in [0.3, 0.4) is 0 Å². The molecule has 0 aliphatic carbocycles. The number of ether oxygens (including phenoxy) is 1. The lowest BCUT2D eigenvalue weighted by molar-refractivity contribution is -0.130. The fourth-order valence-corrected chi connectivity index (χ4v) is 2.84. The molecule has 1 rings (SSSR count). The highest BCUT2D eigenvalue weighted by atomic mass is 79.9. The normalized spacial score (nSPS) is 12.7. The summed E-state index contributed by atoms with van der Waals surface area (Å²) in [6.07, 6.45) is 1.08. The lowest BCUT2D eigenvalue weighted by atomic mass is 10.1. The smallest absolute Gasteiger partial charge is 0.166 e. The van der Waals surface area contributed by atoms with Gasteiger partial charge in [-0.15, -0.1) is 11.3 Å². The van der Waals surface area contributed by atoms with Gasteiger partial charge in [0.25, 0.3) is 0 Å². The summed E-state index contributed by atoms with van der Waals surface area (Å²) in [5.74, 6) is 0.175. The number of ketones is 1. The molecular weight excluding hydrogens is 276 g/mol. The van der Waals surface area contributed by atoms with Crippen molar-refractivity contribution in [2.75, 3.05) is 6.61 Å². The minimum Gasteiger partial charge on any atom is -0.365 e. The third-order valence-corrected chi connectivity index (χ3v) is 3.64. The molecule has 84 valence electrons. The largest absolute Gasteiger partial charge is 0.365 e. The summed E-state index contributed by atoms with van der Waals surface area (Å²) in [6.45, 7) is 4.48. The van der Waals surface area contributed by atoms with E-state index in [1.165, 1.54) is 0 Å². The van der Waals surface area contributed by atoms with E-state index in [1.807, 2.05) is 26.0 Å². The molecule has 1 heterocycles. The monoisotopic (exact) mass is 290 g/mol. The van der Waals surface area contributed by atoms with E-state index < -0.39 is 0 Å². The second-order valence-electron chi connectivity index (χ2n) is 3.19. The molecule has 0 bridgehead atoms. The van der Waals surface area contributed by atoms with Crippen LogP contribution in [0.1, 0.15) is 37.7 Å². The summed E-state index contributed by atoms with van der Waals surface area (Å²) in [5, 5.41) is 0. The summed E-state index contributed by atoms with van der Waals surface area (Å²) in [5.41, 5.74) is 0. The standard InChI is InChI=1S/C11H15BrO2S/c1-3-5-8(13)11(14-4-2)9-6-7-10(12)15-9/h6-7,11H,3-5H2,1-2H3. The van der Waals surface area contributed by atoms with Gasteiger partial charge in [-0.25, -0.2) is 0 Å². The van der Waals surface area contributed by atoms with E-state index in [2.05, 4.69) is 15.9 Å². The van der Waals surface area contributed by atoms with Gasteiger partial charge in [-0.05, 0) is 41.4 Å². The maximum absolute atomic E-state index is 11.8. The first kappa shape index (κ1) is 12.9. The number of hydrogen-bond donors (Lipinski definition) is 0. The fourth-order valence-electron chi connectivity index (χ4n) is 1.35. The van der Waals surface area contributed by atoms with E-state index in [0.29, 0.717) is 13.0 Å². The molecule has 0 N–H and O–H groups in total. The quantitative estimate of drug-likeness (QED) is 0.793. The van der Waals surface area contributed by atoms with Crippen LogP contribution in [0, 0.1) is 0 Å². The van der Waals surface area contributed by atoms with Crippen LogP contribution in [0.4, 0.5) is 0 Å². The molecule has 15 heavy (non-hydrogen) atoms. The van der Waals surface area contributed by atoms with E-state index >= 15 is 0 Å². The van der Waals surface area contributed by atoms with Gasteiger partial charge in [0.05, 0.1) is 3.79 Å². The van der Waals surface area contributed by atoms with Crippen LogP contribution in [0.2, 0.25) is 0 Å². The molecule has 0 saturated carbocycles. The van der Waals surface area contributed by atoms with Crippen molar-refractivity contribution in [3.8, 4) is 0 Å². The van der Waals surface area contributed by atoms with Crippen LogP contribution >= 0.6 is 27.3 Å². The first-order valence-corrected chi connectivity index (χ1v) is 6.69. The molecule has 4 heteroatoms. The van der Waals surface area contributed by atoms with E-state index in [4.69, 9.17) is 4.74 Å². The summed E-state index contributed by atoms with van der Waals surface area (Å²) in [4.78, 5) is 12.8. The molecular formula is C11H15BrO2S.